The molecule has 0 bridgehead atoms. The van der Waals surface area contributed by atoms with E-state index >= 15 is 0 Å². The Morgan fingerprint density at radius 3 is 2.69 bits per heavy atom. The monoisotopic (exact) mass is 360 g/mol. The van der Waals surface area contributed by atoms with Crippen LogP contribution in [0.5, 0.6) is 11.5 Å². The molecule has 1 aromatic carbocycles. The van der Waals surface area contributed by atoms with Crippen molar-refractivity contribution in [3.63, 3.8) is 0 Å². The molecule has 1 heterocycles. The van der Waals surface area contributed by atoms with Gasteiger partial charge in [-0.05, 0) is 56.5 Å². The third-order valence-corrected chi connectivity index (χ3v) is 4.06. The number of hydrogen-bond acceptors (Lipinski definition) is 6. The van der Waals surface area contributed by atoms with Crippen molar-refractivity contribution in [2.45, 2.75) is 32.8 Å². The Morgan fingerprint density at radius 2 is 2.04 bits per heavy atom. The molecule has 0 radical (unpaired) electrons. The van der Waals surface area contributed by atoms with Gasteiger partial charge in [-0.15, -0.1) is 0 Å². The van der Waals surface area contributed by atoms with Crippen LogP contribution in [0.1, 0.15) is 26.7 Å². The van der Waals surface area contributed by atoms with Crippen molar-refractivity contribution < 1.29 is 24.0 Å². The number of benzene rings is 1. The SMILES string of the molecule is C=C(C)C(CCC(C)=CCOc1ccc2ccc(=O)oc2c1OC)OO. The number of hydrogen-bond donors (Lipinski definition) is 1. The van der Waals surface area contributed by atoms with E-state index in [1.165, 1.54) is 13.2 Å². The number of methoxy groups -OCH3 is 1. The van der Waals surface area contributed by atoms with Crippen molar-refractivity contribution in [3.8, 4) is 11.5 Å². The van der Waals surface area contributed by atoms with E-state index in [1.807, 2.05) is 26.0 Å². The number of fused-ring (bicyclic) bond motifs is 1. The maximum atomic E-state index is 11.5. The molecule has 1 N–H and O–H groups in total. The van der Waals surface area contributed by atoms with Crippen LogP contribution in [-0.4, -0.2) is 25.1 Å². The van der Waals surface area contributed by atoms with Crippen molar-refractivity contribution in [3.05, 3.63) is 58.5 Å². The summed E-state index contributed by atoms with van der Waals surface area (Å²) < 4.78 is 16.4. The maximum Gasteiger partial charge on any atom is 0.336 e. The maximum absolute atomic E-state index is 11.5. The summed E-state index contributed by atoms with van der Waals surface area (Å²) in [6.07, 6.45) is 2.95. The van der Waals surface area contributed by atoms with Crippen LogP contribution >= 0.6 is 0 Å². The molecule has 2 rings (SSSR count). The largest absolute Gasteiger partial charge is 0.490 e. The average Bonchev–Trinajstić information content (AvgIpc) is 2.61. The van der Waals surface area contributed by atoms with Crippen LogP contribution in [0.3, 0.4) is 0 Å². The van der Waals surface area contributed by atoms with Gasteiger partial charge in [-0.25, -0.2) is 9.68 Å². The summed E-state index contributed by atoms with van der Waals surface area (Å²) in [6, 6.07) is 6.63. The van der Waals surface area contributed by atoms with Gasteiger partial charge in [0.25, 0.3) is 0 Å². The van der Waals surface area contributed by atoms with Gasteiger partial charge in [-0.3, -0.25) is 5.26 Å². The molecule has 0 saturated heterocycles. The van der Waals surface area contributed by atoms with E-state index < -0.39 is 5.63 Å². The predicted molar refractivity (Wildman–Crippen MR) is 99.8 cm³/mol. The van der Waals surface area contributed by atoms with Crippen LogP contribution in [-0.2, 0) is 4.89 Å². The minimum atomic E-state index is -0.443. The van der Waals surface area contributed by atoms with Gasteiger partial charge >= 0.3 is 5.63 Å². The minimum Gasteiger partial charge on any atom is -0.490 e. The Balaban J connectivity index is 2.05. The first-order chi connectivity index (χ1) is 12.5. The number of rotatable bonds is 9. The fourth-order valence-corrected chi connectivity index (χ4v) is 2.52. The van der Waals surface area contributed by atoms with Gasteiger partial charge in [-0.1, -0.05) is 12.2 Å². The molecule has 0 saturated carbocycles. The second kappa shape index (κ2) is 9.22. The Morgan fingerprint density at radius 1 is 1.31 bits per heavy atom. The lowest BCUT2D eigenvalue weighted by molar-refractivity contribution is -0.269. The predicted octanol–water partition coefficient (Wildman–Crippen LogP) is 4.34. The second-order valence-corrected chi connectivity index (χ2v) is 6.11. The topological polar surface area (TPSA) is 78.1 Å². The third-order valence-electron chi connectivity index (χ3n) is 4.06. The van der Waals surface area contributed by atoms with Crippen molar-refractivity contribution in [1.82, 2.24) is 0 Å². The van der Waals surface area contributed by atoms with E-state index in [-0.39, 0.29) is 6.10 Å². The smallest absolute Gasteiger partial charge is 0.336 e. The molecule has 1 aromatic heterocycles. The van der Waals surface area contributed by atoms with Gasteiger partial charge in [0.15, 0.2) is 11.3 Å². The van der Waals surface area contributed by atoms with E-state index in [4.69, 9.17) is 19.1 Å². The number of ether oxygens (including phenoxy) is 2. The quantitative estimate of drug-likeness (QED) is 0.310. The molecular weight excluding hydrogens is 336 g/mol. The molecule has 0 amide bonds. The summed E-state index contributed by atoms with van der Waals surface area (Å²) in [6.45, 7) is 7.91. The van der Waals surface area contributed by atoms with Crippen LogP contribution in [0.2, 0.25) is 0 Å². The van der Waals surface area contributed by atoms with Crippen LogP contribution in [0, 0.1) is 0 Å². The van der Waals surface area contributed by atoms with Crippen LogP contribution in [0.25, 0.3) is 11.0 Å². The lowest BCUT2D eigenvalue weighted by Gasteiger charge is -2.13. The van der Waals surface area contributed by atoms with Crippen LogP contribution in [0.4, 0.5) is 0 Å². The molecule has 0 aliphatic heterocycles. The molecular formula is C20H24O6. The van der Waals surface area contributed by atoms with E-state index in [0.29, 0.717) is 30.1 Å². The first-order valence-electron chi connectivity index (χ1n) is 8.31. The summed E-state index contributed by atoms with van der Waals surface area (Å²) >= 11 is 0. The highest BCUT2D eigenvalue weighted by atomic mass is 17.1. The minimum absolute atomic E-state index is 0.336. The first kappa shape index (κ1) is 19.8. The highest BCUT2D eigenvalue weighted by Gasteiger charge is 2.12. The van der Waals surface area contributed by atoms with Gasteiger partial charge in [0.1, 0.15) is 12.7 Å². The lowest BCUT2D eigenvalue weighted by atomic mass is 10.0. The molecule has 1 unspecified atom stereocenters. The lowest BCUT2D eigenvalue weighted by Crippen LogP contribution is -2.11. The average molecular weight is 360 g/mol. The zero-order valence-corrected chi connectivity index (χ0v) is 15.3. The van der Waals surface area contributed by atoms with Crippen molar-refractivity contribution >= 4 is 11.0 Å². The van der Waals surface area contributed by atoms with Crippen LogP contribution < -0.4 is 15.1 Å². The van der Waals surface area contributed by atoms with Crippen molar-refractivity contribution in [2.75, 3.05) is 13.7 Å². The Labute approximate surface area is 152 Å². The second-order valence-electron chi connectivity index (χ2n) is 6.11. The highest BCUT2D eigenvalue weighted by Crippen LogP contribution is 2.34. The fraction of sp³-hybridized carbons (Fsp3) is 0.350. The molecule has 6 nitrogen and oxygen atoms in total. The first-order valence-corrected chi connectivity index (χ1v) is 8.31. The molecule has 140 valence electrons. The Kier molecular flexibility index (Phi) is 7.00. The fourth-order valence-electron chi connectivity index (χ4n) is 2.52. The Hall–Kier alpha value is -2.57. The van der Waals surface area contributed by atoms with Crippen LogP contribution in [0.15, 0.2) is 57.3 Å². The van der Waals surface area contributed by atoms with E-state index in [1.54, 1.807) is 12.1 Å². The molecule has 1 atom stereocenters. The van der Waals surface area contributed by atoms with Gasteiger partial charge in [0.05, 0.1) is 7.11 Å². The van der Waals surface area contributed by atoms with Crippen molar-refractivity contribution in [2.24, 2.45) is 0 Å². The summed E-state index contributed by atoms with van der Waals surface area (Å²) in [5.74, 6) is 0.888. The van der Waals surface area contributed by atoms with Gasteiger partial charge < -0.3 is 13.9 Å². The number of allylic oxidation sites excluding steroid dienone is 1. The standard InChI is InChI=1S/C20H24O6/c1-13(2)16(26-22)8-5-14(3)11-12-24-17-9-6-15-7-10-18(21)25-19(15)20(17)23-4/h6-7,9-11,16,22H,1,5,8,12H2,2-4H3. The van der Waals surface area contributed by atoms with Gasteiger partial charge in [0.2, 0.25) is 5.75 Å². The third kappa shape index (κ3) is 4.97. The van der Waals surface area contributed by atoms with Gasteiger partial charge in [-0.2, -0.15) is 0 Å². The summed E-state index contributed by atoms with van der Waals surface area (Å²) in [5.41, 5.74) is 1.79. The zero-order chi connectivity index (χ0) is 19.1. The van der Waals surface area contributed by atoms with E-state index in [0.717, 1.165) is 23.0 Å². The summed E-state index contributed by atoms with van der Waals surface area (Å²) in [5, 5.41) is 9.61. The Bertz CT molecular complexity index is 849. The zero-order valence-electron chi connectivity index (χ0n) is 15.3. The highest BCUT2D eigenvalue weighted by molar-refractivity contribution is 5.85. The molecule has 6 heteroatoms. The molecule has 2 aromatic rings. The molecule has 0 spiro atoms. The molecule has 26 heavy (non-hydrogen) atoms. The molecule has 0 fully saturated rings. The van der Waals surface area contributed by atoms with Gasteiger partial charge in [0, 0.05) is 11.5 Å². The van der Waals surface area contributed by atoms with Crippen molar-refractivity contribution in [1.29, 1.82) is 0 Å². The molecule has 0 aliphatic rings. The van der Waals surface area contributed by atoms with E-state index in [2.05, 4.69) is 11.5 Å². The molecule has 0 aliphatic carbocycles. The van der Waals surface area contributed by atoms with E-state index in [9.17, 15) is 4.79 Å². The summed E-state index contributed by atoms with van der Waals surface area (Å²) in [4.78, 5) is 15.9. The normalized spacial score (nSPS) is 12.8. The summed E-state index contributed by atoms with van der Waals surface area (Å²) in [7, 11) is 1.50.